The van der Waals surface area contributed by atoms with Crippen molar-refractivity contribution in [2.24, 2.45) is 0 Å². The maximum absolute atomic E-state index is 10.6. The summed E-state index contributed by atoms with van der Waals surface area (Å²) < 4.78 is 5.82. The highest BCUT2D eigenvalue weighted by molar-refractivity contribution is 5.67. The number of hydrogen-bond acceptors (Lipinski definition) is 4. The van der Waals surface area contributed by atoms with E-state index in [2.05, 4.69) is 29.2 Å². The molecule has 3 rings (SSSR count). The van der Waals surface area contributed by atoms with E-state index in [1.54, 1.807) is 0 Å². The van der Waals surface area contributed by atoms with Crippen LogP contribution in [0.5, 0.6) is 5.75 Å². The Morgan fingerprint density at radius 1 is 0.963 bits per heavy atom. The molecule has 2 aromatic rings. The molecular weight excluding hydrogens is 342 g/mol. The molecule has 27 heavy (non-hydrogen) atoms. The predicted octanol–water partition coefficient (Wildman–Crippen LogP) is 3.24. The van der Waals surface area contributed by atoms with Crippen LogP contribution >= 0.6 is 0 Å². The molecule has 0 amide bonds. The van der Waals surface area contributed by atoms with Crippen LogP contribution in [0.2, 0.25) is 0 Å². The van der Waals surface area contributed by atoms with Crippen molar-refractivity contribution in [2.75, 3.05) is 13.1 Å². The first-order valence-corrected chi connectivity index (χ1v) is 9.50. The first kappa shape index (κ1) is 19.4. The van der Waals surface area contributed by atoms with Gasteiger partial charge >= 0.3 is 5.97 Å². The highest BCUT2D eigenvalue weighted by Gasteiger charge is 2.16. The first-order valence-electron chi connectivity index (χ1n) is 9.50. The van der Waals surface area contributed by atoms with Crippen molar-refractivity contribution < 1.29 is 19.7 Å². The molecule has 2 N–H and O–H groups in total. The molecule has 1 fully saturated rings. The van der Waals surface area contributed by atoms with Gasteiger partial charge < -0.3 is 14.9 Å². The highest BCUT2D eigenvalue weighted by atomic mass is 16.5. The SMILES string of the molecule is O=C(O)CCc1ccc(OCc2ccc(CN3CCC(O)CC3)cc2)cc1. The summed E-state index contributed by atoms with van der Waals surface area (Å²) in [6.45, 7) is 3.33. The third-order valence-electron chi connectivity index (χ3n) is 4.94. The number of aliphatic hydroxyl groups is 1. The zero-order valence-electron chi connectivity index (χ0n) is 15.5. The van der Waals surface area contributed by atoms with E-state index >= 15 is 0 Å². The van der Waals surface area contributed by atoms with Crippen LogP contribution in [0.4, 0.5) is 0 Å². The standard InChI is InChI=1S/C22H27NO4/c24-20-11-13-23(14-12-20)15-18-1-3-19(4-2-18)16-27-21-8-5-17(6-9-21)7-10-22(25)26/h1-6,8-9,20,24H,7,10-16H2,(H,25,26). The molecule has 0 saturated carbocycles. The van der Waals surface area contributed by atoms with Crippen LogP contribution in [0.3, 0.4) is 0 Å². The molecule has 0 bridgehead atoms. The smallest absolute Gasteiger partial charge is 0.303 e. The van der Waals surface area contributed by atoms with Crippen molar-refractivity contribution in [2.45, 2.75) is 44.9 Å². The fraction of sp³-hybridized carbons (Fsp3) is 0.409. The molecule has 1 aliphatic rings. The van der Waals surface area contributed by atoms with Gasteiger partial charge in [-0.2, -0.15) is 0 Å². The lowest BCUT2D eigenvalue weighted by molar-refractivity contribution is -0.136. The molecule has 5 heteroatoms. The van der Waals surface area contributed by atoms with E-state index < -0.39 is 5.97 Å². The van der Waals surface area contributed by atoms with Crippen LogP contribution in [0.25, 0.3) is 0 Å². The summed E-state index contributed by atoms with van der Waals surface area (Å²) in [4.78, 5) is 13.0. The zero-order valence-corrected chi connectivity index (χ0v) is 15.5. The van der Waals surface area contributed by atoms with Gasteiger partial charge in [0.05, 0.1) is 6.10 Å². The molecular formula is C22H27NO4. The average molecular weight is 369 g/mol. The fourth-order valence-electron chi connectivity index (χ4n) is 3.25. The van der Waals surface area contributed by atoms with Crippen LogP contribution < -0.4 is 4.74 Å². The number of carbonyl (C=O) groups is 1. The lowest BCUT2D eigenvalue weighted by Gasteiger charge is -2.29. The summed E-state index contributed by atoms with van der Waals surface area (Å²) in [5, 5.41) is 18.3. The van der Waals surface area contributed by atoms with E-state index in [-0.39, 0.29) is 12.5 Å². The molecule has 1 aliphatic heterocycles. The zero-order chi connectivity index (χ0) is 19.1. The summed E-state index contributed by atoms with van der Waals surface area (Å²) >= 11 is 0. The minimum atomic E-state index is -0.781. The number of piperidine rings is 1. The number of carboxylic acids is 1. The minimum Gasteiger partial charge on any atom is -0.489 e. The van der Waals surface area contributed by atoms with Crippen LogP contribution in [0.15, 0.2) is 48.5 Å². The second-order valence-corrected chi connectivity index (χ2v) is 7.15. The van der Waals surface area contributed by atoms with Gasteiger partial charge in [0.1, 0.15) is 12.4 Å². The van der Waals surface area contributed by atoms with E-state index in [0.717, 1.165) is 49.4 Å². The summed E-state index contributed by atoms with van der Waals surface area (Å²) in [6.07, 6.45) is 2.27. The molecule has 0 radical (unpaired) electrons. The van der Waals surface area contributed by atoms with Gasteiger partial charge in [0, 0.05) is 26.1 Å². The summed E-state index contributed by atoms with van der Waals surface area (Å²) in [7, 11) is 0. The van der Waals surface area contributed by atoms with E-state index in [1.807, 2.05) is 24.3 Å². The molecule has 1 heterocycles. The third-order valence-corrected chi connectivity index (χ3v) is 4.94. The number of aryl methyl sites for hydroxylation is 1. The predicted molar refractivity (Wildman–Crippen MR) is 104 cm³/mol. The Labute approximate surface area is 160 Å². The molecule has 5 nitrogen and oxygen atoms in total. The molecule has 0 atom stereocenters. The largest absolute Gasteiger partial charge is 0.489 e. The van der Waals surface area contributed by atoms with Gasteiger partial charge in [-0.1, -0.05) is 36.4 Å². The molecule has 0 aliphatic carbocycles. The van der Waals surface area contributed by atoms with Gasteiger partial charge in [-0.3, -0.25) is 9.69 Å². The van der Waals surface area contributed by atoms with E-state index in [4.69, 9.17) is 9.84 Å². The minimum absolute atomic E-state index is 0.132. The maximum Gasteiger partial charge on any atom is 0.303 e. The van der Waals surface area contributed by atoms with Crippen molar-refractivity contribution in [3.63, 3.8) is 0 Å². The Kier molecular flexibility index (Phi) is 6.85. The number of likely N-dealkylation sites (tertiary alicyclic amines) is 1. The topological polar surface area (TPSA) is 70.0 Å². The first-order chi connectivity index (χ1) is 13.1. The van der Waals surface area contributed by atoms with Gasteiger partial charge in [0.25, 0.3) is 0 Å². The number of hydrogen-bond donors (Lipinski definition) is 2. The normalized spacial score (nSPS) is 15.6. The molecule has 1 saturated heterocycles. The molecule has 0 spiro atoms. The van der Waals surface area contributed by atoms with Crippen molar-refractivity contribution in [3.05, 3.63) is 65.2 Å². The molecule has 0 unspecified atom stereocenters. The van der Waals surface area contributed by atoms with Gasteiger partial charge in [0.15, 0.2) is 0 Å². The van der Waals surface area contributed by atoms with E-state index in [1.165, 1.54) is 5.56 Å². The molecule has 144 valence electrons. The number of ether oxygens (including phenoxy) is 1. The summed E-state index contributed by atoms with van der Waals surface area (Å²) in [5.74, 6) is 0.00155. The van der Waals surface area contributed by atoms with Crippen LogP contribution in [-0.2, 0) is 24.4 Å². The average Bonchev–Trinajstić information content (AvgIpc) is 2.68. The highest BCUT2D eigenvalue weighted by Crippen LogP contribution is 2.17. The van der Waals surface area contributed by atoms with Gasteiger partial charge in [-0.25, -0.2) is 0 Å². The van der Waals surface area contributed by atoms with Crippen molar-refractivity contribution in [1.82, 2.24) is 4.90 Å². The van der Waals surface area contributed by atoms with Crippen LogP contribution in [0, 0.1) is 0 Å². The molecule has 2 aromatic carbocycles. The van der Waals surface area contributed by atoms with Crippen molar-refractivity contribution >= 4 is 5.97 Å². The monoisotopic (exact) mass is 369 g/mol. The van der Waals surface area contributed by atoms with Gasteiger partial charge in [0.2, 0.25) is 0 Å². The number of nitrogens with zero attached hydrogens (tertiary/aromatic N) is 1. The Morgan fingerprint density at radius 3 is 2.19 bits per heavy atom. The van der Waals surface area contributed by atoms with Crippen LogP contribution in [-0.4, -0.2) is 40.3 Å². The maximum atomic E-state index is 10.6. The Balaban J connectivity index is 1.45. The lowest BCUT2D eigenvalue weighted by Crippen LogP contribution is -2.35. The van der Waals surface area contributed by atoms with E-state index in [9.17, 15) is 9.90 Å². The molecule has 0 aromatic heterocycles. The van der Waals surface area contributed by atoms with E-state index in [0.29, 0.717) is 13.0 Å². The summed E-state index contributed by atoms with van der Waals surface area (Å²) in [6, 6.07) is 16.1. The number of aliphatic carboxylic acids is 1. The second-order valence-electron chi connectivity index (χ2n) is 7.15. The van der Waals surface area contributed by atoms with Crippen molar-refractivity contribution in [1.29, 1.82) is 0 Å². The van der Waals surface area contributed by atoms with Crippen molar-refractivity contribution in [3.8, 4) is 5.75 Å². The number of rotatable bonds is 8. The second kappa shape index (κ2) is 9.53. The number of carboxylic acid groups (broad SMARTS) is 1. The number of benzene rings is 2. The Hall–Kier alpha value is -2.37. The Bertz CT molecular complexity index is 719. The van der Waals surface area contributed by atoms with Gasteiger partial charge in [-0.15, -0.1) is 0 Å². The lowest BCUT2D eigenvalue weighted by atomic mass is 10.1. The Morgan fingerprint density at radius 2 is 1.56 bits per heavy atom. The van der Waals surface area contributed by atoms with Crippen LogP contribution in [0.1, 0.15) is 36.0 Å². The third kappa shape index (κ3) is 6.38. The summed E-state index contributed by atoms with van der Waals surface area (Å²) in [5.41, 5.74) is 3.39. The fourth-order valence-corrected chi connectivity index (χ4v) is 3.25. The van der Waals surface area contributed by atoms with Gasteiger partial charge in [-0.05, 0) is 48.1 Å². The quantitative estimate of drug-likeness (QED) is 0.748. The number of aliphatic hydroxyl groups excluding tert-OH is 1.